The van der Waals surface area contributed by atoms with Gasteiger partial charge in [0.2, 0.25) is 5.91 Å². The van der Waals surface area contributed by atoms with E-state index in [0.29, 0.717) is 0 Å². The Morgan fingerprint density at radius 1 is 1.54 bits per heavy atom. The van der Waals surface area contributed by atoms with Crippen molar-refractivity contribution in [1.82, 2.24) is 10.2 Å². The Kier molecular flexibility index (Phi) is 4.22. The van der Waals surface area contributed by atoms with Crippen LogP contribution in [0, 0.1) is 5.92 Å². The second-order valence-electron chi connectivity index (χ2n) is 3.63. The molecule has 0 spiro atoms. The van der Waals surface area contributed by atoms with Crippen molar-refractivity contribution in [1.29, 1.82) is 0 Å². The number of carbonyl (C=O) groups is 1. The molecular weight excluding hydrogens is 164 g/mol. The maximum Gasteiger partial charge on any atom is 0.224 e. The summed E-state index contributed by atoms with van der Waals surface area (Å²) in [6, 6.07) is 0. The van der Waals surface area contributed by atoms with Crippen molar-refractivity contribution in [3.63, 3.8) is 0 Å². The predicted molar refractivity (Wildman–Crippen MR) is 53.5 cm³/mol. The van der Waals surface area contributed by atoms with E-state index in [0.717, 1.165) is 39.0 Å². The van der Waals surface area contributed by atoms with Crippen LogP contribution >= 0.6 is 0 Å². The summed E-state index contributed by atoms with van der Waals surface area (Å²) in [5, 5.41) is 2.89. The first-order chi connectivity index (χ1) is 6.27. The van der Waals surface area contributed by atoms with Crippen LogP contribution in [0.25, 0.3) is 0 Å². The van der Waals surface area contributed by atoms with Crippen molar-refractivity contribution in [2.75, 3.05) is 26.2 Å². The molecule has 1 fully saturated rings. The molecule has 0 aromatic rings. The monoisotopic (exact) mass is 184 g/mol. The normalized spacial score (nSPS) is 24.3. The Bertz CT molecular complexity index is 170. The standard InChI is InChI=1S/C10H20N2O/c1-3-11-10(13)9-6-5-7-12(4-2)8-9/h9H,3-8H2,1-2H3,(H,11,13). The zero-order valence-electron chi connectivity index (χ0n) is 8.68. The average Bonchev–Trinajstić information content (AvgIpc) is 2.18. The number of nitrogens with one attached hydrogen (secondary N) is 1. The Hall–Kier alpha value is -0.570. The van der Waals surface area contributed by atoms with Crippen molar-refractivity contribution in [2.24, 2.45) is 5.92 Å². The topological polar surface area (TPSA) is 32.3 Å². The Morgan fingerprint density at radius 3 is 2.92 bits per heavy atom. The number of rotatable bonds is 3. The van der Waals surface area contributed by atoms with Crippen LogP contribution in [0.1, 0.15) is 26.7 Å². The maximum absolute atomic E-state index is 11.5. The number of amides is 1. The minimum Gasteiger partial charge on any atom is -0.356 e. The predicted octanol–water partition coefficient (Wildman–Crippen LogP) is 0.854. The number of hydrogen-bond acceptors (Lipinski definition) is 2. The molecule has 13 heavy (non-hydrogen) atoms. The second-order valence-corrected chi connectivity index (χ2v) is 3.63. The number of likely N-dealkylation sites (tertiary alicyclic amines) is 1. The maximum atomic E-state index is 11.5. The van der Waals surface area contributed by atoms with Gasteiger partial charge < -0.3 is 10.2 Å². The fourth-order valence-corrected chi connectivity index (χ4v) is 1.88. The van der Waals surface area contributed by atoms with Gasteiger partial charge in [0.15, 0.2) is 0 Å². The molecule has 0 saturated carbocycles. The molecule has 76 valence electrons. The minimum atomic E-state index is 0.230. The summed E-state index contributed by atoms with van der Waals surface area (Å²) in [6.07, 6.45) is 2.22. The van der Waals surface area contributed by atoms with Crippen LogP contribution in [0.3, 0.4) is 0 Å². The summed E-state index contributed by atoms with van der Waals surface area (Å²) in [6.45, 7) is 8.05. The van der Waals surface area contributed by atoms with Crippen LogP contribution in [-0.2, 0) is 4.79 Å². The molecule has 1 aliphatic heterocycles. The fraction of sp³-hybridized carbons (Fsp3) is 0.900. The number of piperidine rings is 1. The van der Waals surface area contributed by atoms with Gasteiger partial charge in [0.05, 0.1) is 5.92 Å². The summed E-state index contributed by atoms with van der Waals surface area (Å²) < 4.78 is 0. The zero-order chi connectivity index (χ0) is 9.68. The highest BCUT2D eigenvalue weighted by Gasteiger charge is 2.23. The molecule has 1 amide bonds. The molecule has 0 aromatic heterocycles. The van der Waals surface area contributed by atoms with Crippen LogP contribution < -0.4 is 5.32 Å². The smallest absolute Gasteiger partial charge is 0.224 e. The lowest BCUT2D eigenvalue weighted by atomic mass is 9.97. The second kappa shape index (κ2) is 5.22. The molecule has 1 unspecified atom stereocenters. The third-order valence-electron chi connectivity index (χ3n) is 2.67. The highest BCUT2D eigenvalue weighted by molar-refractivity contribution is 5.78. The molecule has 1 atom stereocenters. The van der Waals surface area contributed by atoms with Crippen LogP contribution in [0.2, 0.25) is 0 Å². The molecule has 0 aromatic carbocycles. The largest absolute Gasteiger partial charge is 0.356 e. The molecular formula is C10H20N2O. The summed E-state index contributed by atoms with van der Waals surface area (Å²) in [5.41, 5.74) is 0. The summed E-state index contributed by atoms with van der Waals surface area (Å²) in [5.74, 6) is 0.467. The summed E-state index contributed by atoms with van der Waals surface area (Å²) in [7, 11) is 0. The number of hydrogen-bond donors (Lipinski definition) is 1. The quantitative estimate of drug-likeness (QED) is 0.705. The minimum absolute atomic E-state index is 0.230. The van der Waals surface area contributed by atoms with Gasteiger partial charge in [-0.05, 0) is 32.9 Å². The first-order valence-electron chi connectivity index (χ1n) is 5.28. The zero-order valence-corrected chi connectivity index (χ0v) is 8.68. The van der Waals surface area contributed by atoms with E-state index in [1.807, 2.05) is 6.92 Å². The molecule has 0 bridgehead atoms. The van der Waals surface area contributed by atoms with Crippen LogP contribution in [0.15, 0.2) is 0 Å². The molecule has 0 radical (unpaired) electrons. The van der Waals surface area contributed by atoms with E-state index in [1.54, 1.807) is 0 Å². The van der Waals surface area contributed by atoms with E-state index in [2.05, 4.69) is 17.1 Å². The van der Waals surface area contributed by atoms with Gasteiger partial charge in [0.25, 0.3) is 0 Å². The molecule has 3 nitrogen and oxygen atoms in total. The Labute approximate surface area is 80.5 Å². The van der Waals surface area contributed by atoms with Crippen LogP contribution in [0.5, 0.6) is 0 Å². The SMILES string of the molecule is CCNC(=O)C1CCCN(CC)C1. The van der Waals surface area contributed by atoms with Crippen LogP contribution in [-0.4, -0.2) is 37.0 Å². The van der Waals surface area contributed by atoms with Gasteiger partial charge in [0.1, 0.15) is 0 Å². The molecule has 3 heteroatoms. The first kappa shape index (κ1) is 10.5. The lowest BCUT2D eigenvalue weighted by molar-refractivity contribution is -0.126. The average molecular weight is 184 g/mol. The van der Waals surface area contributed by atoms with Crippen molar-refractivity contribution in [3.05, 3.63) is 0 Å². The van der Waals surface area contributed by atoms with Gasteiger partial charge in [-0.15, -0.1) is 0 Å². The highest BCUT2D eigenvalue weighted by atomic mass is 16.1. The highest BCUT2D eigenvalue weighted by Crippen LogP contribution is 2.15. The molecule has 0 aliphatic carbocycles. The number of nitrogens with zero attached hydrogens (tertiary/aromatic N) is 1. The van der Waals surface area contributed by atoms with Crippen molar-refractivity contribution >= 4 is 5.91 Å². The molecule has 1 rings (SSSR count). The lowest BCUT2D eigenvalue weighted by Crippen LogP contribution is -2.42. The fourth-order valence-electron chi connectivity index (χ4n) is 1.88. The van der Waals surface area contributed by atoms with E-state index >= 15 is 0 Å². The van der Waals surface area contributed by atoms with E-state index in [-0.39, 0.29) is 11.8 Å². The van der Waals surface area contributed by atoms with E-state index in [9.17, 15) is 4.79 Å². The molecule has 1 heterocycles. The molecule has 1 N–H and O–H groups in total. The van der Waals surface area contributed by atoms with Gasteiger partial charge in [0, 0.05) is 13.1 Å². The van der Waals surface area contributed by atoms with Crippen molar-refractivity contribution in [2.45, 2.75) is 26.7 Å². The van der Waals surface area contributed by atoms with Gasteiger partial charge in [-0.3, -0.25) is 4.79 Å². The Balaban J connectivity index is 2.37. The van der Waals surface area contributed by atoms with Gasteiger partial charge in [-0.2, -0.15) is 0 Å². The molecule has 1 aliphatic rings. The van der Waals surface area contributed by atoms with E-state index < -0.39 is 0 Å². The van der Waals surface area contributed by atoms with Crippen molar-refractivity contribution < 1.29 is 4.79 Å². The van der Waals surface area contributed by atoms with E-state index in [4.69, 9.17) is 0 Å². The molecule has 1 saturated heterocycles. The summed E-state index contributed by atoms with van der Waals surface area (Å²) in [4.78, 5) is 13.9. The summed E-state index contributed by atoms with van der Waals surface area (Å²) >= 11 is 0. The Morgan fingerprint density at radius 2 is 2.31 bits per heavy atom. The van der Waals surface area contributed by atoms with Gasteiger partial charge >= 0.3 is 0 Å². The third-order valence-corrected chi connectivity index (χ3v) is 2.67. The first-order valence-corrected chi connectivity index (χ1v) is 5.28. The van der Waals surface area contributed by atoms with E-state index in [1.165, 1.54) is 0 Å². The van der Waals surface area contributed by atoms with Crippen molar-refractivity contribution in [3.8, 4) is 0 Å². The van der Waals surface area contributed by atoms with Gasteiger partial charge in [-0.1, -0.05) is 6.92 Å². The third kappa shape index (κ3) is 2.99. The lowest BCUT2D eigenvalue weighted by Gasteiger charge is -2.30. The number of carbonyl (C=O) groups excluding carboxylic acids is 1. The van der Waals surface area contributed by atoms with Gasteiger partial charge in [-0.25, -0.2) is 0 Å². The van der Waals surface area contributed by atoms with Crippen LogP contribution in [0.4, 0.5) is 0 Å².